The summed E-state index contributed by atoms with van der Waals surface area (Å²) in [5, 5.41) is 15.3. The van der Waals surface area contributed by atoms with E-state index in [9.17, 15) is 13.5 Å². The van der Waals surface area contributed by atoms with Crippen LogP contribution in [0.2, 0.25) is 0 Å². The number of benzene rings is 2. The van der Waals surface area contributed by atoms with Gasteiger partial charge in [0.15, 0.2) is 0 Å². The number of rotatable bonds is 11. The summed E-state index contributed by atoms with van der Waals surface area (Å²) in [5.41, 5.74) is 10.8. The fourth-order valence-corrected chi connectivity index (χ4v) is 5.09. The summed E-state index contributed by atoms with van der Waals surface area (Å²) in [7, 11) is -4.16. The van der Waals surface area contributed by atoms with Crippen molar-refractivity contribution < 1.29 is 31.9 Å². The molecule has 1 saturated heterocycles. The first-order valence-electron chi connectivity index (χ1n) is 10.9. The van der Waals surface area contributed by atoms with Gasteiger partial charge in [0.25, 0.3) is 10.1 Å². The molecule has 3 rings (SSSR count). The molecule has 11 heteroatoms. The standard InChI is InChI=1S/C23H29N3O7S/c1-3-32-34(28,29)16-23(27)22(31-15-19-12-8-5-9-13-19)21(20(25-26-24)17(2)33-23)30-14-18-10-6-4-7-11-18/h4-13,17,20-22,27H,3,14-16H2,1-2H3/t17-,20-,21+,22-,23+/m0/s1. The van der Waals surface area contributed by atoms with Gasteiger partial charge in [-0.15, -0.1) is 0 Å². The molecule has 0 amide bonds. The van der Waals surface area contributed by atoms with Gasteiger partial charge >= 0.3 is 0 Å². The third kappa shape index (κ3) is 6.77. The zero-order chi connectivity index (χ0) is 24.6. The van der Waals surface area contributed by atoms with Crippen LogP contribution in [0.15, 0.2) is 65.8 Å². The Balaban J connectivity index is 1.96. The molecule has 0 saturated carbocycles. The predicted octanol–water partition coefficient (Wildman–Crippen LogP) is 3.31. The number of nitrogens with zero attached hydrogens (tertiary/aromatic N) is 3. The highest BCUT2D eigenvalue weighted by Crippen LogP contribution is 2.36. The minimum Gasteiger partial charge on any atom is -0.370 e. The van der Waals surface area contributed by atoms with Gasteiger partial charge in [-0.2, -0.15) is 8.42 Å². The van der Waals surface area contributed by atoms with E-state index >= 15 is 0 Å². The molecule has 0 aliphatic carbocycles. The second kappa shape index (κ2) is 11.8. The van der Waals surface area contributed by atoms with Crippen LogP contribution in [-0.4, -0.2) is 56.0 Å². The van der Waals surface area contributed by atoms with Crippen molar-refractivity contribution in [3.8, 4) is 0 Å². The van der Waals surface area contributed by atoms with E-state index in [1.807, 2.05) is 60.7 Å². The maximum atomic E-state index is 12.5. The molecule has 0 spiro atoms. The van der Waals surface area contributed by atoms with Crippen LogP contribution in [0.25, 0.3) is 10.4 Å². The molecule has 10 nitrogen and oxygen atoms in total. The molecule has 184 valence electrons. The quantitative estimate of drug-likeness (QED) is 0.220. The summed E-state index contributed by atoms with van der Waals surface area (Å²) in [6, 6.07) is 17.6. The molecule has 1 N–H and O–H groups in total. The second-order valence-electron chi connectivity index (χ2n) is 7.95. The minimum absolute atomic E-state index is 0.0361. The third-order valence-corrected chi connectivity index (χ3v) is 6.74. The molecule has 0 unspecified atom stereocenters. The molecule has 0 aromatic heterocycles. The number of aliphatic hydroxyl groups is 1. The molecule has 1 fully saturated rings. The highest BCUT2D eigenvalue weighted by Gasteiger charge is 2.56. The molecule has 5 atom stereocenters. The summed E-state index contributed by atoms with van der Waals surface area (Å²) < 4.78 is 47.7. The van der Waals surface area contributed by atoms with Crippen LogP contribution in [0.4, 0.5) is 0 Å². The van der Waals surface area contributed by atoms with Gasteiger partial charge < -0.3 is 19.3 Å². The highest BCUT2D eigenvalue weighted by molar-refractivity contribution is 7.86. The Morgan fingerprint density at radius 2 is 1.62 bits per heavy atom. The van der Waals surface area contributed by atoms with Gasteiger partial charge in [0, 0.05) is 4.91 Å². The lowest BCUT2D eigenvalue weighted by Crippen LogP contribution is -2.67. The largest absolute Gasteiger partial charge is 0.370 e. The van der Waals surface area contributed by atoms with Crippen LogP contribution in [0.3, 0.4) is 0 Å². The van der Waals surface area contributed by atoms with Crippen molar-refractivity contribution in [1.82, 2.24) is 0 Å². The molecule has 2 aromatic rings. The van der Waals surface area contributed by atoms with Crippen LogP contribution in [0.1, 0.15) is 25.0 Å². The lowest BCUT2D eigenvalue weighted by atomic mass is 9.91. The van der Waals surface area contributed by atoms with Crippen LogP contribution in [0.5, 0.6) is 0 Å². The molecule has 1 aliphatic rings. The predicted molar refractivity (Wildman–Crippen MR) is 124 cm³/mol. The van der Waals surface area contributed by atoms with Gasteiger partial charge in [-0.1, -0.05) is 65.8 Å². The summed E-state index contributed by atoms with van der Waals surface area (Å²) in [4.78, 5) is 2.90. The normalized spacial score (nSPS) is 27.1. The maximum absolute atomic E-state index is 12.5. The molecule has 1 aliphatic heterocycles. The lowest BCUT2D eigenvalue weighted by molar-refractivity contribution is -0.330. The van der Waals surface area contributed by atoms with Gasteiger partial charge in [-0.3, -0.25) is 4.18 Å². The number of azide groups is 1. The first-order valence-corrected chi connectivity index (χ1v) is 12.5. The van der Waals surface area contributed by atoms with Crippen LogP contribution >= 0.6 is 0 Å². The van der Waals surface area contributed by atoms with E-state index < -0.39 is 46.0 Å². The smallest absolute Gasteiger partial charge is 0.272 e. The maximum Gasteiger partial charge on any atom is 0.272 e. The number of ether oxygens (including phenoxy) is 3. The fraction of sp³-hybridized carbons (Fsp3) is 0.478. The molecular weight excluding hydrogens is 462 g/mol. The van der Waals surface area contributed by atoms with E-state index in [1.54, 1.807) is 6.92 Å². The van der Waals surface area contributed by atoms with Crippen molar-refractivity contribution in [2.45, 2.75) is 57.2 Å². The van der Waals surface area contributed by atoms with Crippen molar-refractivity contribution in [3.05, 3.63) is 82.2 Å². The van der Waals surface area contributed by atoms with Crippen molar-refractivity contribution in [3.63, 3.8) is 0 Å². The van der Waals surface area contributed by atoms with Crippen molar-refractivity contribution in [1.29, 1.82) is 0 Å². The number of hydrogen-bond acceptors (Lipinski definition) is 8. The minimum atomic E-state index is -4.16. The summed E-state index contributed by atoms with van der Waals surface area (Å²) in [5.74, 6) is -3.20. The Bertz CT molecular complexity index is 1060. The van der Waals surface area contributed by atoms with Crippen LogP contribution in [-0.2, 0) is 41.7 Å². The third-order valence-electron chi connectivity index (χ3n) is 5.37. The van der Waals surface area contributed by atoms with Gasteiger partial charge in [0.05, 0.1) is 32.0 Å². The van der Waals surface area contributed by atoms with E-state index in [1.165, 1.54) is 6.92 Å². The lowest BCUT2D eigenvalue weighted by Gasteiger charge is -2.48. The molecule has 34 heavy (non-hydrogen) atoms. The van der Waals surface area contributed by atoms with Crippen molar-refractivity contribution in [2.24, 2.45) is 5.11 Å². The Hall–Kier alpha value is -2.50. The molecule has 1 heterocycles. The summed E-state index contributed by atoms with van der Waals surface area (Å²) in [6.45, 7) is 3.16. The number of hydrogen-bond donors (Lipinski definition) is 1. The molecular formula is C23H29N3O7S. The Labute approximate surface area is 199 Å². The van der Waals surface area contributed by atoms with E-state index in [2.05, 4.69) is 10.0 Å². The molecule has 0 bridgehead atoms. The Morgan fingerprint density at radius 3 is 2.15 bits per heavy atom. The fourth-order valence-electron chi connectivity index (χ4n) is 3.91. The highest BCUT2D eigenvalue weighted by atomic mass is 32.2. The van der Waals surface area contributed by atoms with Gasteiger partial charge in [0.1, 0.15) is 18.0 Å². The van der Waals surface area contributed by atoms with E-state index in [0.717, 1.165) is 11.1 Å². The zero-order valence-corrected chi connectivity index (χ0v) is 19.9. The summed E-state index contributed by atoms with van der Waals surface area (Å²) in [6.07, 6.45) is -3.18. The van der Waals surface area contributed by atoms with Crippen LogP contribution < -0.4 is 0 Å². The first kappa shape index (κ1) is 26.1. The molecule has 0 radical (unpaired) electrons. The topological polar surface area (TPSA) is 140 Å². The van der Waals surface area contributed by atoms with Gasteiger partial charge in [-0.25, -0.2) is 0 Å². The van der Waals surface area contributed by atoms with E-state index in [-0.39, 0.29) is 19.8 Å². The molecule has 2 aromatic carbocycles. The van der Waals surface area contributed by atoms with E-state index in [0.29, 0.717) is 0 Å². The average molecular weight is 492 g/mol. The monoisotopic (exact) mass is 491 g/mol. The van der Waals surface area contributed by atoms with Gasteiger partial charge in [-0.05, 0) is 30.5 Å². The second-order valence-corrected chi connectivity index (χ2v) is 9.59. The first-order chi connectivity index (χ1) is 16.3. The van der Waals surface area contributed by atoms with Gasteiger partial charge in [0.2, 0.25) is 5.79 Å². The Morgan fingerprint density at radius 1 is 1.06 bits per heavy atom. The average Bonchev–Trinajstić information content (AvgIpc) is 2.80. The van der Waals surface area contributed by atoms with E-state index in [4.69, 9.17) is 23.9 Å². The van der Waals surface area contributed by atoms with Crippen molar-refractivity contribution >= 4 is 10.1 Å². The Kier molecular flexibility index (Phi) is 9.03. The SMILES string of the molecule is CCOS(=O)(=O)C[C@@]1(O)O[C@@H](C)[C@H](N=[N+]=[N-])[C@@H](OCc2ccccc2)[C@@H]1OCc1ccccc1. The summed E-state index contributed by atoms with van der Waals surface area (Å²) >= 11 is 0. The van der Waals surface area contributed by atoms with Crippen molar-refractivity contribution in [2.75, 3.05) is 12.4 Å². The van der Waals surface area contributed by atoms with Crippen LogP contribution in [0, 0.1) is 0 Å². The zero-order valence-electron chi connectivity index (χ0n) is 19.1.